The number of furan rings is 1. The van der Waals surface area contributed by atoms with Crippen LogP contribution in [0.15, 0.2) is 71.2 Å². The molecule has 3 aromatic rings. The average molecular weight is 428 g/mol. The van der Waals surface area contributed by atoms with Crippen LogP contribution in [0.25, 0.3) is 11.0 Å². The van der Waals surface area contributed by atoms with Crippen LogP contribution in [0.1, 0.15) is 55.2 Å². The Balaban J connectivity index is 1.76. The molecule has 0 aliphatic carbocycles. The first-order valence-electron chi connectivity index (χ1n) is 11.1. The zero-order valence-electron chi connectivity index (χ0n) is 18.7. The van der Waals surface area contributed by atoms with Crippen LogP contribution in [0.3, 0.4) is 0 Å². The maximum absolute atomic E-state index is 11.4. The van der Waals surface area contributed by atoms with Gasteiger partial charge in [0.1, 0.15) is 17.4 Å². The van der Waals surface area contributed by atoms with Crippen molar-refractivity contribution in [2.45, 2.75) is 45.2 Å². The van der Waals surface area contributed by atoms with E-state index in [1.54, 1.807) is 0 Å². The number of fused-ring (bicyclic) bond motifs is 1. The first kappa shape index (κ1) is 21.9. The van der Waals surface area contributed by atoms with Gasteiger partial charge in [-0.1, -0.05) is 66.4 Å². The fourth-order valence-corrected chi connectivity index (χ4v) is 4.56. The minimum Gasteiger partial charge on any atom is -0.481 e. The molecular weight excluding hydrogens is 398 g/mol. The fraction of sp³-hybridized carbons (Fsp3) is 0.321. The number of rotatable bonds is 5. The zero-order valence-corrected chi connectivity index (χ0v) is 18.7. The van der Waals surface area contributed by atoms with Gasteiger partial charge >= 0.3 is 5.97 Å². The van der Waals surface area contributed by atoms with Gasteiger partial charge in [-0.2, -0.15) is 0 Å². The number of aliphatic carboxylic acids is 1. The molecule has 0 radical (unpaired) electrons. The summed E-state index contributed by atoms with van der Waals surface area (Å²) in [6.45, 7) is 8.68. The van der Waals surface area contributed by atoms with Gasteiger partial charge in [0.15, 0.2) is 0 Å². The van der Waals surface area contributed by atoms with Crippen molar-refractivity contribution in [3.05, 3.63) is 83.6 Å². The Bertz CT molecular complexity index is 1150. The third-order valence-electron chi connectivity index (χ3n) is 6.15. The number of allylic oxidation sites excluding steroid dienone is 1. The van der Waals surface area contributed by atoms with Gasteiger partial charge in [-0.05, 0) is 55.9 Å². The van der Waals surface area contributed by atoms with Crippen LogP contribution in [-0.4, -0.2) is 22.5 Å². The van der Waals surface area contributed by atoms with Crippen LogP contribution in [-0.2, 0) is 4.79 Å². The summed E-state index contributed by atoms with van der Waals surface area (Å²) in [6.07, 6.45) is 1.80. The largest absolute Gasteiger partial charge is 0.481 e. The summed E-state index contributed by atoms with van der Waals surface area (Å²) in [6, 6.07) is 18.4. The predicted molar refractivity (Wildman–Crippen MR) is 127 cm³/mol. The molecule has 4 heteroatoms. The highest BCUT2D eigenvalue weighted by Crippen LogP contribution is 2.41. The van der Waals surface area contributed by atoms with Gasteiger partial charge in [-0.3, -0.25) is 9.69 Å². The van der Waals surface area contributed by atoms with E-state index in [9.17, 15) is 9.90 Å². The summed E-state index contributed by atoms with van der Waals surface area (Å²) in [4.78, 5) is 13.8. The number of likely N-dealkylation sites (tertiary alicyclic amines) is 1. The number of piperidine rings is 1. The Labute approximate surface area is 189 Å². The van der Waals surface area contributed by atoms with Crippen molar-refractivity contribution in [3.8, 4) is 11.8 Å². The second kappa shape index (κ2) is 9.46. The molecule has 0 amide bonds. The summed E-state index contributed by atoms with van der Waals surface area (Å²) < 4.78 is 6.24. The molecule has 3 atom stereocenters. The Morgan fingerprint density at radius 2 is 2.00 bits per heavy atom. The predicted octanol–water partition coefficient (Wildman–Crippen LogP) is 6.29. The van der Waals surface area contributed by atoms with E-state index < -0.39 is 5.97 Å². The maximum atomic E-state index is 11.4. The number of carbonyl (C=O) groups is 1. The molecular formula is C28H29NO3. The van der Waals surface area contributed by atoms with Crippen molar-refractivity contribution in [3.63, 3.8) is 0 Å². The molecule has 2 heterocycles. The highest BCUT2D eigenvalue weighted by molar-refractivity contribution is 5.78. The third kappa shape index (κ3) is 4.95. The molecule has 1 N–H and O–H groups in total. The van der Waals surface area contributed by atoms with Crippen LogP contribution in [0.4, 0.5) is 0 Å². The fourth-order valence-electron chi connectivity index (χ4n) is 4.56. The van der Waals surface area contributed by atoms with Gasteiger partial charge < -0.3 is 9.52 Å². The number of hydrogen-bond acceptors (Lipinski definition) is 3. The van der Waals surface area contributed by atoms with Crippen LogP contribution >= 0.6 is 0 Å². The molecule has 32 heavy (non-hydrogen) atoms. The molecule has 0 unspecified atom stereocenters. The van der Waals surface area contributed by atoms with Gasteiger partial charge in [0.25, 0.3) is 0 Å². The van der Waals surface area contributed by atoms with Crippen molar-refractivity contribution < 1.29 is 14.3 Å². The van der Waals surface area contributed by atoms with E-state index in [1.165, 1.54) is 11.1 Å². The topological polar surface area (TPSA) is 53.7 Å². The van der Waals surface area contributed by atoms with Crippen LogP contribution in [0.2, 0.25) is 0 Å². The quantitative estimate of drug-likeness (QED) is 0.486. The molecule has 1 saturated heterocycles. The third-order valence-corrected chi connectivity index (χ3v) is 6.15. The standard InChI is InChI=1S/C28H29NO3/c1-19(2)8-13-24(27-18-23-6-4-5-7-26(23)32-27)29-15-14-21(17-28(30)31)16-25(29)22-11-9-20(3)10-12-22/h4-7,9-12,18,21,24-25H,1,14-17H2,2-3H3,(H,30,31)/t21-,24-,25+/m1/s1. The Hall–Kier alpha value is -3.29. The zero-order chi connectivity index (χ0) is 22.7. The van der Waals surface area contributed by atoms with Crippen molar-refractivity contribution in [1.82, 2.24) is 4.90 Å². The van der Waals surface area contributed by atoms with Crippen molar-refractivity contribution >= 4 is 16.9 Å². The van der Waals surface area contributed by atoms with Crippen molar-refractivity contribution in [2.75, 3.05) is 6.54 Å². The molecule has 4 rings (SSSR count). The molecule has 0 saturated carbocycles. The normalized spacial score (nSPS) is 19.8. The monoisotopic (exact) mass is 427 g/mol. The maximum Gasteiger partial charge on any atom is 0.303 e. The molecule has 0 spiro atoms. The SMILES string of the molecule is C=C(C)C#C[C@H](c1cc2ccccc2o1)N1CC[C@@H](CC(=O)O)C[C@H]1c1ccc(C)cc1. The van der Waals surface area contributed by atoms with Gasteiger partial charge in [0, 0.05) is 24.4 Å². The summed E-state index contributed by atoms with van der Waals surface area (Å²) in [5, 5.41) is 10.4. The van der Waals surface area contributed by atoms with Gasteiger partial charge in [0.05, 0.1) is 0 Å². The summed E-state index contributed by atoms with van der Waals surface area (Å²) in [5.74, 6) is 6.79. The van der Waals surface area contributed by atoms with Crippen LogP contribution < -0.4 is 0 Å². The summed E-state index contributed by atoms with van der Waals surface area (Å²) >= 11 is 0. The van der Waals surface area contributed by atoms with Gasteiger partial charge in [-0.25, -0.2) is 0 Å². The molecule has 0 bridgehead atoms. The summed E-state index contributed by atoms with van der Waals surface area (Å²) in [7, 11) is 0. The molecule has 1 aromatic heterocycles. The number of nitrogens with zero attached hydrogens (tertiary/aromatic N) is 1. The van der Waals surface area contributed by atoms with Crippen molar-refractivity contribution in [2.24, 2.45) is 5.92 Å². The minimum absolute atomic E-state index is 0.0614. The van der Waals surface area contributed by atoms with Crippen LogP contribution in [0, 0.1) is 24.7 Å². The lowest BCUT2D eigenvalue weighted by Gasteiger charge is -2.41. The number of carboxylic acids is 1. The van der Waals surface area contributed by atoms with E-state index in [1.807, 2.05) is 31.2 Å². The van der Waals surface area contributed by atoms with Gasteiger partial charge in [-0.15, -0.1) is 0 Å². The Morgan fingerprint density at radius 1 is 1.25 bits per heavy atom. The first-order chi connectivity index (χ1) is 15.4. The lowest BCUT2D eigenvalue weighted by molar-refractivity contribution is -0.138. The molecule has 2 aromatic carbocycles. The number of hydrogen-bond donors (Lipinski definition) is 1. The molecule has 1 aliphatic rings. The highest BCUT2D eigenvalue weighted by Gasteiger charge is 2.36. The van der Waals surface area contributed by atoms with E-state index >= 15 is 0 Å². The van der Waals surface area contributed by atoms with E-state index in [4.69, 9.17) is 4.42 Å². The first-order valence-corrected chi connectivity index (χ1v) is 11.1. The van der Waals surface area contributed by atoms with Gasteiger partial charge in [0.2, 0.25) is 0 Å². The Kier molecular flexibility index (Phi) is 6.48. The number of carboxylic acid groups (broad SMARTS) is 1. The lowest BCUT2D eigenvalue weighted by atomic mass is 9.84. The number of aryl methyl sites for hydroxylation is 1. The number of benzene rings is 2. The van der Waals surface area contributed by atoms with E-state index in [0.29, 0.717) is 0 Å². The molecule has 1 fully saturated rings. The molecule has 1 aliphatic heterocycles. The smallest absolute Gasteiger partial charge is 0.303 e. The minimum atomic E-state index is -0.734. The Morgan fingerprint density at radius 3 is 2.69 bits per heavy atom. The van der Waals surface area contributed by atoms with E-state index in [2.05, 4.69) is 60.6 Å². The average Bonchev–Trinajstić information content (AvgIpc) is 3.18. The lowest BCUT2D eigenvalue weighted by Crippen LogP contribution is -2.39. The second-order valence-corrected chi connectivity index (χ2v) is 8.79. The van der Waals surface area contributed by atoms with Crippen molar-refractivity contribution in [1.29, 1.82) is 0 Å². The summed E-state index contributed by atoms with van der Waals surface area (Å²) in [5.41, 5.74) is 4.04. The molecule has 164 valence electrons. The van der Waals surface area contributed by atoms with E-state index in [0.717, 1.165) is 41.7 Å². The second-order valence-electron chi connectivity index (χ2n) is 8.79. The highest BCUT2D eigenvalue weighted by atomic mass is 16.4. The molecule has 4 nitrogen and oxygen atoms in total. The van der Waals surface area contributed by atoms with E-state index in [-0.39, 0.29) is 24.4 Å². The van der Waals surface area contributed by atoms with Crippen LogP contribution in [0.5, 0.6) is 0 Å². The number of para-hydroxylation sites is 1.